The monoisotopic (exact) mass is 228 g/mol. The maximum Gasteiger partial charge on any atom is 0.123 e. The molecule has 4 heteroatoms. The third kappa shape index (κ3) is 1.35. The second-order valence-electron chi connectivity index (χ2n) is 3.44. The minimum absolute atomic E-state index is 0.267. The number of phenols is 1. The van der Waals surface area contributed by atoms with E-state index < -0.39 is 0 Å². The van der Waals surface area contributed by atoms with Gasteiger partial charge in [-0.25, -0.2) is 0 Å². The van der Waals surface area contributed by atoms with Crippen molar-refractivity contribution in [3.8, 4) is 16.9 Å². The van der Waals surface area contributed by atoms with Crippen molar-refractivity contribution < 1.29 is 5.11 Å². The highest BCUT2D eigenvalue weighted by molar-refractivity contribution is 7.13. The molecule has 1 heterocycles. The van der Waals surface area contributed by atoms with Crippen LogP contribution in [-0.4, -0.2) is 14.7 Å². The maximum atomic E-state index is 9.82. The van der Waals surface area contributed by atoms with Gasteiger partial charge in [0.25, 0.3) is 0 Å². The van der Waals surface area contributed by atoms with Crippen molar-refractivity contribution in [1.82, 2.24) is 9.59 Å². The first kappa shape index (κ1) is 9.30. The molecule has 78 valence electrons. The van der Waals surface area contributed by atoms with E-state index in [0.717, 1.165) is 21.3 Å². The smallest absolute Gasteiger partial charge is 0.123 e. The Morgan fingerprint density at radius 1 is 0.938 bits per heavy atom. The minimum atomic E-state index is 0.267. The average molecular weight is 228 g/mol. The van der Waals surface area contributed by atoms with Gasteiger partial charge in [0.1, 0.15) is 11.3 Å². The molecule has 0 aliphatic rings. The lowest BCUT2D eigenvalue weighted by atomic mass is 10.0. The van der Waals surface area contributed by atoms with Crippen LogP contribution >= 0.6 is 11.5 Å². The molecule has 0 atom stereocenters. The van der Waals surface area contributed by atoms with Crippen LogP contribution in [0.25, 0.3) is 21.3 Å². The van der Waals surface area contributed by atoms with Crippen LogP contribution in [0.4, 0.5) is 0 Å². The van der Waals surface area contributed by atoms with E-state index >= 15 is 0 Å². The Balaban J connectivity index is 2.34. The van der Waals surface area contributed by atoms with Gasteiger partial charge in [-0.1, -0.05) is 34.8 Å². The molecule has 0 radical (unpaired) electrons. The second-order valence-corrected chi connectivity index (χ2v) is 4.23. The van der Waals surface area contributed by atoms with Crippen LogP contribution in [0.15, 0.2) is 42.5 Å². The first-order valence-corrected chi connectivity index (χ1v) is 5.63. The summed E-state index contributed by atoms with van der Waals surface area (Å²) in [6.45, 7) is 0. The summed E-state index contributed by atoms with van der Waals surface area (Å²) in [5.41, 5.74) is 2.55. The molecule has 0 saturated heterocycles. The van der Waals surface area contributed by atoms with Crippen LogP contribution in [0.1, 0.15) is 0 Å². The fraction of sp³-hybridized carbons (Fsp3) is 0. The number of benzene rings is 2. The molecule has 0 amide bonds. The highest BCUT2D eigenvalue weighted by Gasteiger charge is 2.09. The zero-order valence-electron chi connectivity index (χ0n) is 8.29. The second kappa shape index (κ2) is 3.57. The Labute approximate surface area is 96.2 Å². The van der Waals surface area contributed by atoms with Crippen LogP contribution in [0.3, 0.4) is 0 Å². The van der Waals surface area contributed by atoms with Gasteiger partial charge in [-0.3, -0.25) is 0 Å². The van der Waals surface area contributed by atoms with E-state index in [1.807, 2.05) is 30.3 Å². The summed E-state index contributed by atoms with van der Waals surface area (Å²) in [6.07, 6.45) is 0. The van der Waals surface area contributed by atoms with Crippen molar-refractivity contribution >= 4 is 21.7 Å². The molecule has 16 heavy (non-hydrogen) atoms. The fourth-order valence-electron chi connectivity index (χ4n) is 1.72. The van der Waals surface area contributed by atoms with Crippen molar-refractivity contribution in [3.05, 3.63) is 42.5 Å². The largest absolute Gasteiger partial charge is 0.507 e. The Kier molecular flexibility index (Phi) is 2.08. The molecule has 2 aromatic carbocycles. The highest BCUT2D eigenvalue weighted by atomic mass is 32.1. The van der Waals surface area contributed by atoms with E-state index in [9.17, 15) is 5.11 Å². The molecular weight excluding hydrogens is 220 g/mol. The van der Waals surface area contributed by atoms with Gasteiger partial charge in [0.05, 0.1) is 4.70 Å². The zero-order valence-corrected chi connectivity index (χ0v) is 9.11. The molecule has 3 aromatic rings. The molecule has 0 saturated carbocycles. The van der Waals surface area contributed by atoms with Gasteiger partial charge in [-0.15, -0.1) is 5.10 Å². The molecule has 3 nitrogen and oxygen atoms in total. The number of fused-ring (bicyclic) bond motifs is 1. The molecule has 0 bridgehead atoms. The van der Waals surface area contributed by atoms with E-state index in [0.29, 0.717) is 0 Å². The normalized spacial score (nSPS) is 10.8. The molecule has 0 unspecified atom stereocenters. The lowest BCUT2D eigenvalue weighted by Gasteiger charge is -2.04. The molecular formula is C12H8N2OS. The molecule has 1 aromatic heterocycles. The molecule has 3 rings (SSSR count). The molecule has 0 aliphatic carbocycles. The van der Waals surface area contributed by atoms with Gasteiger partial charge >= 0.3 is 0 Å². The van der Waals surface area contributed by atoms with Gasteiger partial charge in [-0.05, 0) is 23.7 Å². The number of rotatable bonds is 1. The predicted octanol–water partition coefficient (Wildman–Crippen LogP) is 3.06. The minimum Gasteiger partial charge on any atom is -0.507 e. The standard InChI is InChI=1S/C12H8N2OS/c15-10-6-2-1-4-8(10)9-5-3-7-11-12(9)13-14-16-11/h1-7,15H. The van der Waals surface area contributed by atoms with Gasteiger partial charge in [-0.2, -0.15) is 0 Å². The Morgan fingerprint density at radius 2 is 1.75 bits per heavy atom. The van der Waals surface area contributed by atoms with E-state index in [1.54, 1.807) is 12.1 Å². The van der Waals surface area contributed by atoms with Crippen molar-refractivity contribution in [1.29, 1.82) is 0 Å². The fourth-order valence-corrected chi connectivity index (χ4v) is 2.31. The van der Waals surface area contributed by atoms with Crippen LogP contribution in [0.5, 0.6) is 5.75 Å². The number of aromatic nitrogens is 2. The summed E-state index contributed by atoms with van der Waals surface area (Å²) in [5.74, 6) is 0.267. The Morgan fingerprint density at radius 3 is 2.62 bits per heavy atom. The van der Waals surface area contributed by atoms with Crippen molar-refractivity contribution in [2.45, 2.75) is 0 Å². The van der Waals surface area contributed by atoms with Gasteiger partial charge in [0.2, 0.25) is 0 Å². The van der Waals surface area contributed by atoms with Crippen molar-refractivity contribution in [2.75, 3.05) is 0 Å². The van der Waals surface area contributed by atoms with E-state index in [1.165, 1.54) is 11.5 Å². The van der Waals surface area contributed by atoms with E-state index in [4.69, 9.17) is 0 Å². The summed E-state index contributed by atoms with van der Waals surface area (Å²) < 4.78 is 4.96. The molecule has 1 N–H and O–H groups in total. The number of nitrogens with zero attached hydrogens (tertiary/aromatic N) is 2. The molecule has 0 fully saturated rings. The lowest BCUT2D eigenvalue weighted by Crippen LogP contribution is -1.81. The summed E-state index contributed by atoms with van der Waals surface area (Å²) in [5, 5.41) is 13.9. The van der Waals surface area contributed by atoms with Crippen molar-refractivity contribution in [2.24, 2.45) is 0 Å². The Bertz CT molecular complexity index is 648. The zero-order chi connectivity index (χ0) is 11.0. The quantitative estimate of drug-likeness (QED) is 0.696. The number of hydrogen-bond acceptors (Lipinski definition) is 4. The third-order valence-electron chi connectivity index (χ3n) is 2.47. The summed E-state index contributed by atoms with van der Waals surface area (Å²) >= 11 is 1.36. The highest BCUT2D eigenvalue weighted by Crippen LogP contribution is 2.33. The van der Waals surface area contributed by atoms with Crippen LogP contribution < -0.4 is 0 Å². The number of para-hydroxylation sites is 1. The first-order valence-electron chi connectivity index (χ1n) is 4.86. The van der Waals surface area contributed by atoms with E-state index in [-0.39, 0.29) is 5.75 Å². The van der Waals surface area contributed by atoms with Gasteiger partial charge in [0.15, 0.2) is 0 Å². The van der Waals surface area contributed by atoms with Gasteiger partial charge in [0, 0.05) is 11.1 Å². The Hall–Kier alpha value is -1.94. The van der Waals surface area contributed by atoms with Crippen LogP contribution in [-0.2, 0) is 0 Å². The van der Waals surface area contributed by atoms with Crippen LogP contribution in [0.2, 0.25) is 0 Å². The SMILES string of the molecule is Oc1ccccc1-c1cccc2snnc12. The topological polar surface area (TPSA) is 46.0 Å². The number of aromatic hydroxyl groups is 1. The average Bonchev–Trinajstić information content (AvgIpc) is 2.77. The first-order chi connectivity index (χ1) is 7.86. The lowest BCUT2D eigenvalue weighted by molar-refractivity contribution is 0.477. The summed E-state index contributed by atoms with van der Waals surface area (Å²) in [6, 6.07) is 13.1. The molecule has 0 aliphatic heterocycles. The summed E-state index contributed by atoms with van der Waals surface area (Å²) in [7, 11) is 0. The van der Waals surface area contributed by atoms with E-state index in [2.05, 4.69) is 9.59 Å². The van der Waals surface area contributed by atoms with Gasteiger partial charge < -0.3 is 5.11 Å². The predicted molar refractivity (Wildman–Crippen MR) is 64.5 cm³/mol. The summed E-state index contributed by atoms with van der Waals surface area (Å²) in [4.78, 5) is 0. The molecule has 0 spiro atoms. The maximum absolute atomic E-state index is 9.82. The van der Waals surface area contributed by atoms with Crippen molar-refractivity contribution in [3.63, 3.8) is 0 Å². The number of phenolic OH excluding ortho intramolecular Hbond substituents is 1. The third-order valence-corrected chi connectivity index (χ3v) is 3.16. The number of hydrogen-bond donors (Lipinski definition) is 1. The van der Waals surface area contributed by atoms with Crippen LogP contribution in [0, 0.1) is 0 Å².